The summed E-state index contributed by atoms with van der Waals surface area (Å²) in [6.07, 6.45) is 0.791. The minimum absolute atomic E-state index is 0.156. The lowest BCUT2D eigenvalue weighted by Crippen LogP contribution is -2.36. The van der Waals surface area contributed by atoms with Crippen molar-refractivity contribution in [1.29, 1.82) is 0 Å². The van der Waals surface area contributed by atoms with Crippen molar-refractivity contribution >= 4 is 58.0 Å². The number of nitrogens with one attached hydrogen (secondary N) is 2. The monoisotopic (exact) mass is 707 g/mol. The molecule has 0 saturated carbocycles. The first-order valence-corrected chi connectivity index (χ1v) is 15.6. The number of carbonyl (C=O) groups is 4. The predicted molar refractivity (Wildman–Crippen MR) is 183 cm³/mol. The summed E-state index contributed by atoms with van der Waals surface area (Å²) in [7, 11) is 3.15. The molecule has 2 amide bonds. The number of alkyl halides is 2. The van der Waals surface area contributed by atoms with E-state index in [0.717, 1.165) is 17.5 Å². The molecule has 260 valence electrons. The van der Waals surface area contributed by atoms with E-state index in [9.17, 15) is 19.2 Å². The van der Waals surface area contributed by atoms with E-state index in [1.807, 2.05) is 31.4 Å². The first-order valence-electron chi connectivity index (χ1n) is 14.2. The Morgan fingerprint density at radius 3 is 1.50 bits per heavy atom. The van der Waals surface area contributed by atoms with Gasteiger partial charge in [-0.2, -0.15) is 0 Å². The molecule has 0 atom stereocenters. The average Bonchev–Trinajstić information content (AvgIpc) is 2.98. The van der Waals surface area contributed by atoms with Crippen molar-refractivity contribution in [1.82, 2.24) is 10.7 Å². The highest BCUT2D eigenvalue weighted by atomic mass is 35.5. The van der Waals surface area contributed by atoms with Crippen LogP contribution < -0.4 is 26.1 Å². The van der Waals surface area contributed by atoms with Gasteiger partial charge in [0.1, 0.15) is 29.2 Å². The van der Waals surface area contributed by atoms with Gasteiger partial charge in [0.25, 0.3) is 11.1 Å². The molecule has 0 bridgehead atoms. The molecular formula is C32H48Cl3N3O8. The maximum absolute atomic E-state index is 12.2. The van der Waals surface area contributed by atoms with Gasteiger partial charge in [-0.25, -0.2) is 10.6 Å². The number of hydrazine groups is 1. The van der Waals surface area contributed by atoms with Crippen LogP contribution in [0.3, 0.4) is 0 Å². The Balaban J connectivity index is 0. The molecule has 0 saturated heterocycles. The van der Waals surface area contributed by atoms with Crippen LogP contribution in [0.4, 0.5) is 4.79 Å². The Hall–Kier alpha value is -3.25. The Labute approximate surface area is 287 Å². The Morgan fingerprint density at radius 2 is 1.17 bits per heavy atom. The largest absolute Gasteiger partial charge is 0.496 e. The predicted octanol–water partition coefficient (Wildman–Crippen LogP) is 6.77. The molecule has 11 nitrogen and oxygen atoms in total. The molecule has 0 aliphatic carbocycles. The Bertz CT molecular complexity index is 1250. The molecule has 2 aromatic rings. The Morgan fingerprint density at radius 1 is 0.761 bits per heavy atom. The van der Waals surface area contributed by atoms with Crippen LogP contribution in [0.15, 0.2) is 36.4 Å². The van der Waals surface area contributed by atoms with Crippen molar-refractivity contribution in [2.45, 2.75) is 79.4 Å². The second kappa shape index (κ2) is 23.1. The molecule has 0 aliphatic heterocycles. The van der Waals surface area contributed by atoms with E-state index in [1.165, 1.54) is 0 Å². The molecule has 4 N–H and O–H groups in total. The highest BCUT2D eigenvalue weighted by molar-refractivity contribution is 6.68. The van der Waals surface area contributed by atoms with E-state index in [1.54, 1.807) is 80.0 Å². The number of methoxy groups -OCH3 is 2. The summed E-state index contributed by atoms with van der Waals surface area (Å²) in [6.45, 7) is 14.4. The average molecular weight is 709 g/mol. The van der Waals surface area contributed by atoms with Gasteiger partial charge in [0.2, 0.25) is 0 Å². The Kier molecular flexibility index (Phi) is 22.6. The standard InChI is InChI=1S/C16H23NO4.C10H11ClO2.C5H12N2O2.CH2Cl2/c1-6-11-12(8-7-9-13(11)20-5)15(19)17-10-14(18)21-16(2,3)4;1-3-7-8(10(11)12)5-4-6-9(7)13-2;1-5(2,3)9-4(8)7-6;2-1-3/h7-9H,6,10H2,1-5H3,(H,17,19);4-6H,3H2,1-2H3;6H2,1-3H3,(H,7,8);1H2. The smallest absolute Gasteiger partial charge is 0.421 e. The molecule has 2 aromatic carbocycles. The van der Waals surface area contributed by atoms with Crippen LogP contribution in [0.25, 0.3) is 0 Å². The first kappa shape index (κ1) is 44.9. The third-order valence-corrected chi connectivity index (χ3v) is 5.40. The normalized spacial score (nSPS) is 10.2. The molecule has 0 spiro atoms. The number of ether oxygens (including phenoxy) is 4. The summed E-state index contributed by atoms with van der Waals surface area (Å²) in [5.41, 5.74) is 3.56. The second-order valence-electron chi connectivity index (χ2n) is 11.0. The molecule has 2 rings (SSSR count). The van der Waals surface area contributed by atoms with Crippen molar-refractivity contribution in [2.75, 3.05) is 26.1 Å². The number of rotatable bonds is 8. The van der Waals surface area contributed by atoms with Crippen LogP contribution in [0.5, 0.6) is 11.5 Å². The van der Waals surface area contributed by atoms with Crippen molar-refractivity contribution in [3.05, 3.63) is 58.7 Å². The van der Waals surface area contributed by atoms with Crippen LogP contribution in [0.1, 0.15) is 87.2 Å². The zero-order valence-corrected chi connectivity index (χ0v) is 30.5. The summed E-state index contributed by atoms with van der Waals surface area (Å²) in [6, 6.07) is 10.6. The van der Waals surface area contributed by atoms with E-state index in [-0.39, 0.29) is 17.8 Å². The van der Waals surface area contributed by atoms with Gasteiger partial charge in [0.15, 0.2) is 0 Å². The van der Waals surface area contributed by atoms with Crippen LogP contribution in [-0.4, -0.2) is 60.5 Å². The van der Waals surface area contributed by atoms with E-state index in [2.05, 4.69) is 5.32 Å². The van der Waals surface area contributed by atoms with Crippen LogP contribution in [0.2, 0.25) is 0 Å². The second-order valence-corrected chi connectivity index (χ2v) is 12.1. The van der Waals surface area contributed by atoms with Crippen molar-refractivity contribution in [3.63, 3.8) is 0 Å². The van der Waals surface area contributed by atoms with E-state index in [0.29, 0.717) is 29.0 Å². The third kappa shape index (κ3) is 19.3. The first-order chi connectivity index (χ1) is 21.4. The molecule has 0 aliphatic rings. The maximum atomic E-state index is 12.2. The fraction of sp³-hybridized carbons (Fsp3) is 0.500. The van der Waals surface area contributed by atoms with Gasteiger partial charge < -0.3 is 24.3 Å². The fourth-order valence-electron chi connectivity index (χ4n) is 3.57. The van der Waals surface area contributed by atoms with Crippen LogP contribution in [0, 0.1) is 0 Å². The summed E-state index contributed by atoms with van der Waals surface area (Å²) < 4.78 is 20.2. The van der Waals surface area contributed by atoms with Gasteiger partial charge in [-0.15, -0.1) is 23.2 Å². The van der Waals surface area contributed by atoms with E-state index < -0.39 is 28.5 Å². The molecule has 0 radical (unpaired) electrons. The van der Waals surface area contributed by atoms with Crippen LogP contribution >= 0.6 is 34.8 Å². The van der Waals surface area contributed by atoms with E-state index in [4.69, 9.17) is 59.6 Å². The van der Waals surface area contributed by atoms with E-state index >= 15 is 0 Å². The molecule has 46 heavy (non-hydrogen) atoms. The number of hydrogen-bond donors (Lipinski definition) is 3. The molecule has 0 fully saturated rings. The van der Waals surface area contributed by atoms with Gasteiger partial charge in [-0.1, -0.05) is 26.0 Å². The van der Waals surface area contributed by atoms with Gasteiger partial charge in [-0.05, 0) is 90.3 Å². The van der Waals surface area contributed by atoms with Gasteiger partial charge in [-0.3, -0.25) is 19.8 Å². The topological polar surface area (TPSA) is 155 Å². The summed E-state index contributed by atoms with van der Waals surface area (Å²) in [5.74, 6) is 5.37. The summed E-state index contributed by atoms with van der Waals surface area (Å²) in [5, 5.41) is 2.34. The number of amides is 2. The SMILES string of the molecule is CC(C)(C)OC(=O)NN.CCc1c(OC)cccc1C(=O)Cl.CCc1c(OC)cccc1C(=O)NCC(=O)OC(C)(C)C.ClCCl. The zero-order valence-electron chi connectivity index (χ0n) is 28.3. The molecule has 0 unspecified atom stereocenters. The number of esters is 1. The molecule has 14 heteroatoms. The zero-order chi connectivity index (χ0) is 36.1. The number of carbonyl (C=O) groups excluding carboxylic acids is 4. The lowest BCUT2D eigenvalue weighted by molar-refractivity contribution is -0.153. The number of nitrogens with two attached hydrogens (primary N) is 1. The molecular weight excluding hydrogens is 661 g/mol. The number of benzene rings is 2. The summed E-state index contributed by atoms with van der Waals surface area (Å²) in [4.78, 5) is 45.2. The molecule has 0 aromatic heterocycles. The minimum atomic E-state index is -0.609. The minimum Gasteiger partial charge on any atom is -0.496 e. The van der Waals surface area contributed by atoms with Crippen molar-refractivity contribution in [2.24, 2.45) is 5.84 Å². The van der Waals surface area contributed by atoms with Gasteiger partial charge in [0.05, 0.1) is 19.6 Å². The highest BCUT2D eigenvalue weighted by Crippen LogP contribution is 2.24. The van der Waals surface area contributed by atoms with Crippen LogP contribution in [-0.2, 0) is 27.1 Å². The number of halogens is 3. The highest BCUT2D eigenvalue weighted by Gasteiger charge is 2.19. The van der Waals surface area contributed by atoms with Crippen molar-refractivity contribution < 1.29 is 38.1 Å². The number of hydrogen-bond acceptors (Lipinski definition) is 9. The lowest BCUT2D eigenvalue weighted by Gasteiger charge is -2.19. The summed E-state index contributed by atoms with van der Waals surface area (Å²) >= 11 is 14.9. The quantitative estimate of drug-likeness (QED) is 0.0673. The molecule has 0 heterocycles. The van der Waals surface area contributed by atoms with Crippen molar-refractivity contribution in [3.8, 4) is 11.5 Å². The third-order valence-electron chi connectivity index (χ3n) is 5.20. The van der Waals surface area contributed by atoms with Gasteiger partial charge in [0, 0.05) is 22.3 Å². The fourth-order valence-corrected chi connectivity index (χ4v) is 3.75. The van der Waals surface area contributed by atoms with Gasteiger partial charge >= 0.3 is 12.1 Å². The maximum Gasteiger partial charge on any atom is 0.421 e. The lowest BCUT2D eigenvalue weighted by atomic mass is 10.0.